The summed E-state index contributed by atoms with van der Waals surface area (Å²) in [4.78, 5) is 2.26. The molecule has 1 heterocycles. The lowest BCUT2D eigenvalue weighted by atomic mass is 10.0. The summed E-state index contributed by atoms with van der Waals surface area (Å²) in [6.45, 7) is 0. The Balaban J connectivity index is 1.33. The fourth-order valence-corrected chi connectivity index (χ4v) is 6.55. The molecule has 0 amide bonds. The van der Waals surface area contributed by atoms with E-state index in [1.165, 1.54) is 27.6 Å². The van der Waals surface area contributed by atoms with Crippen molar-refractivity contribution in [2.75, 3.05) is 4.90 Å². The highest BCUT2D eigenvalue weighted by Crippen LogP contribution is 2.44. The lowest BCUT2D eigenvalue weighted by Gasteiger charge is -2.27. The van der Waals surface area contributed by atoms with Crippen molar-refractivity contribution in [3.63, 3.8) is 0 Å². The van der Waals surface area contributed by atoms with Gasteiger partial charge in [0.2, 0.25) is 0 Å². The van der Waals surface area contributed by atoms with Crippen LogP contribution in [0.2, 0.25) is 5.02 Å². The number of hydrogen-bond donors (Lipinski definition) is 0. The molecule has 0 radical (unpaired) electrons. The van der Waals surface area contributed by atoms with Crippen molar-refractivity contribution in [3.8, 4) is 27.9 Å². The lowest BCUT2D eigenvalue weighted by Crippen LogP contribution is -2.11. The number of aromatic nitrogens is 1. The van der Waals surface area contributed by atoms with E-state index in [1.54, 1.807) is 0 Å². The second kappa shape index (κ2) is 11.5. The van der Waals surface area contributed by atoms with Crippen LogP contribution in [0, 0.1) is 0 Å². The quantitative estimate of drug-likeness (QED) is 0.185. The minimum atomic E-state index is 0.692. The maximum atomic E-state index is 7.26. The number of fused-ring (bicyclic) bond motifs is 3. The van der Waals surface area contributed by atoms with Gasteiger partial charge in [0.1, 0.15) is 0 Å². The Morgan fingerprint density at radius 1 is 0.400 bits per heavy atom. The molecule has 0 unspecified atom stereocenters. The highest BCUT2D eigenvalue weighted by Gasteiger charge is 2.20. The molecule has 8 rings (SSSR count). The zero-order valence-electron chi connectivity index (χ0n) is 24.5. The molecule has 0 aliphatic rings. The van der Waals surface area contributed by atoms with E-state index >= 15 is 0 Å². The maximum Gasteiger partial charge on any atom is 0.0669 e. The van der Waals surface area contributed by atoms with Crippen molar-refractivity contribution >= 4 is 50.5 Å². The van der Waals surface area contributed by atoms with Crippen LogP contribution < -0.4 is 4.90 Å². The van der Waals surface area contributed by atoms with Gasteiger partial charge in [-0.2, -0.15) is 0 Å². The van der Waals surface area contributed by atoms with Gasteiger partial charge >= 0.3 is 0 Å². The van der Waals surface area contributed by atoms with Gasteiger partial charge in [0.05, 0.1) is 21.7 Å². The van der Waals surface area contributed by atoms with Crippen molar-refractivity contribution < 1.29 is 0 Å². The summed E-state index contributed by atoms with van der Waals surface area (Å²) in [6, 6.07) is 61.9. The molecular weight excluding hydrogens is 568 g/mol. The first-order chi connectivity index (χ1) is 22.2. The van der Waals surface area contributed by atoms with Crippen molar-refractivity contribution in [2.24, 2.45) is 0 Å². The smallest absolute Gasteiger partial charge is 0.0669 e. The van der Waals surface area contributed by atoms with Crippen molar-refractivity contribution in [2.45, 2.75) is 0 Å². The molecule has 7 aromatic carbocycles. The van der Waals surface area contributed by atoms with Gasteiger partial charge in [-0.1, -0.05) is 133 Å². The summed E-state index contributed by atoms with van der Waals surface area (Å²) in [5.74, 6) is 0. The van der Waals surface area contributed by atoms with E-state index in [0.717, 1.165) is 39.2 Å². The number of nitrogens with zero attached hydrogens (tertiary/aromatic N) is 2. The Bertz CT molecular complexity index is 2150. The van der Waals surface area contributed by atoms with E-state index in [1.807, 2.05) is 12.1 Å². The number of para-hydroxylation sites is 2. The van der Waals surface area contributed by atoms with Crippen LogP contribution >= 0.6 is 11.6 Å². The van der Waals surface area contributed by atoms with Crippen LogP contribution in [0.1, 0.15) is 0 Å². The topological polar surface area (TPSA) is 8.17 Å². The van der Waals surface area contributed by atoms with Crippen molar-refractivity contribution in [3.05, 3.63) is 181 Å². The Hall–Kier alpha value is -5.57. The first-order valence-electron chi connectivity index (χ1n) is 15.1. The van der Waals surface area contributed by atoms with E-state index in [0.29, 0.717) is 5.02 Å². The molecule has 3 heteroatoms. The first-order valence-corrected chi connectivity index (χ1v) is 15.5. The summed E-state index contributed by atoms with van der Waals surface area (Å²) in [7, 11) is 0. The summed E-state index contributed by atoms with van der Waals surface area (Å²) >= 11 is 7.26. The van der Waals surface area contributed by atoms with Crippen molar-refractivity contribution in [1.29, 1.82) is 0 Å². The second-order valence-electron chi connectivity index (χ2n) is 11.2. The van der Waals surface area contributed by atoms with Crippen LogP contribution in [0.15, 0.2) is 176 Å². The number of rotatable bonds is 6. The van der Waals surface area contributed by atoms with E-state index in [-0.39, 0.29) is 0 Å². The van der Waals surface area contributed by atoms with Crippen LogP contribution in [-0.2, 0) is 0 Å². The monoisotopic (exact) mass is 596 g/mol. The molecular formula is C42H29ClN2. The van der Waals surface area contributed by atoms with E-state index in [2.05, 4.69) is 173 Å². The van der Waals surface area contributed by atoms with Crippen LogP contribution in [0.5, 0.6) is 0 Å². The van der Waals surface area contributed by atoms with Crippen LogP contribution in [-0.4, -0.2) is 4.57 Å². The molecule has 0 bridgehead atoms. The fourth-order valence-electron chi connectivity index (χ4n) is 6.30. The highest BCUT2D eigenvalue weighted by atomic mass is 35.5. The molecule has 2 nitrogen and oxygen atoms in total. The average Bonchev–Trinajstić information content (AvgIpc) is 3.43. The molecule has 8 aromatic rings. The van der Waals surface area contributed by atoms with Gasteiger partial charge in [-0.15, -0.1) is 0 Å². The average molecular weight is 597 g/mol. The van der Waals surface area contributed by atoms with Crippen molar-refractivity contribution in [1.82, 2.24) is 4.57 Å². The summed E-state index contributed by atoms with van der Waals surface area (Å²) in [5.41, 5.74) is 11.1. The molecule has 0 saturated heterocycles. The fraction of sp³-hybridized carbons (Fsp3) is 0. The first kappa shape index (κ1) is 27.0. The molecule has 0 atom stereocenters. The lowest BCUT2D eigenvalue weighted by molar-refractivity contribution is 1.18. The van der Waals surface area contributed by atoms with E-state index in [9.17, 15) is 0 Å². The third kappa shape index (κ3) is 4.96. The summed E-state index contributed by atoms with van der Waals surface area (Å²) < 4.78 is 2.33. The standard InChI is InChI=1S/C42H29ClN2/c43-39-28-38-37-18-10-11-19-40(37)45(34-16-8-3-9-17-34)41(38)29-42(39)44(35-24-20-32(21-25-35)30-12-4-1-5-13-30)36-26-22-33(23-27-36)31-14-6-2-7-15-31/h1-29H. The number of anilines is 3. The van der Waals surface area contributed by atoms with Crippen LogP contribution in [0.3, 0.4) is 0 Å². The molecule has 0 spiro atoms. The van der Waals surface area contributed by atoms with E-state index < -0.39 is 0 Å². The molecule has 45 heavy (non-hydrogen) atoms. The van der Waals surface area contributed by atoms with E-state index in [4.69, 9.17) is 11.6 Å². The third-order valence-electron chi connectivity index (χ3n) is 8.46. The minimum Gasteiger partial charge on any atom is -0.309 e. The van der Waals surface area contributed by atoms with Gasteiger partial charge in [-0.25, -0.2) is 0 Å². The molecule has 0 saturated carbocycles. The predicted molar refractivity (Wildman–Crippen MR) is 191 cm³/mol. The summed E-state index contributed by atoms with van der Waals surface area (Å²) in [6.07, 6.45) is 0. The third-order valence-corrected chi connectivity index (χ3v) is 8.76. The number of hydrogen-bond acceptors (Lipinski definition) is 1. The predicted octanol–water partition coefficient (Wildman–Crippen LogP) is 12.2. The molecule has 0 aliphatic heterocycles. The molecule has 0 fully saturated rings. The Kier molecular flexibility index (Phi) is 6.90. The number of halogens is 1. The van der Waals surface area contributed by atoms with Gasteiger partial charge in [0.25, 0.3) is 0 Å². The van der Waals surface area contributed by atoms with Gasteiger partial charge in [-0.3, -0.25) is 0 Å². The molecule has 214 valence electrons. The zero-order valence-corrected chi connectivity index (χ0v) is 25.3. The Morgan fingerprint density at radius 3 is 1.42 bits per heavy atom. The Labute approximate surface area is 268 Å². The van der Waals surface area contributed by atoms with Gasteiger partial charge in [0, 0.05) is 27.8 Å². The maximum absolute atomic E-state index is 7.26. The van der Waals surface area contributed by atoms with Gasteiger partial charge < -0.3 is 9.47 Å². The largest absolute Gasteiger partial charge is 0.309 e. The molecule has 0 aliphatic carbocycles. The van der Waals surface area contributed by atoms with Gasteiger partial charge in [0.15, 0.2) is 0 Å². The molecule has 1 aromatic heterocycles. The van der Waals surface area contributed by atoms with Gasteiger partial charge in [-0.05, 0) is 76.9 Å². The van der Waals surface area contributed by atoms with Crippen LogP contribution in [0.4, 0.5) is 17.1 Å². The second-order valence-corrected chi connectivity index (χ2v) is 11.6. The normalized spacial score (nSPS) is 11.2. The summed E-state index contributed by atoms with van der Waals surface area (Å²) in [5, 5.41) is 3.00. The SMILES string of the molecule is Clc1cc2c3ccccc3n(-c3ccccc3)c2cc1N(c1ccc(-c2ccccc2)cc1)c1ccc(-c2ccccc2)cc1. The van der Waals surface area contributed by atoms with Crippen LogP contribution in [0.25, 0.3) is 49.7 Å². The zero-order chi connectivity index (χ0) is 30.2. The molecule has 0 N–H and O–H groups in total. The Morgan fingerprint density at radius 2 is 0.867 bits per heavy atom. The number of benzene rings is 7. The highest BCUT2D eigenvalue weighted by molar-refractivity contribution is 6.35. The minimum absolute atomic E-state index is 0.692.